The molecule has 0 bridgehead atoms. The molecule has 0 amide bonds. The molecule has 2 fully saturated rings. The van der Waals surface area contributed by atoms with Crippen LogP contribution in [0.2, 0.25) is 0 Å². The first-order valence-corrected chi connectivity index (χ1v) is 9.72. The summed E-state index contributed by atoms with van der Waals surface area (Å²) in [7, 11) is -1.03. The van der Waals surface area contributed by atoms with E-state index in [2.05, 4.69) is 15.6 Å². The molecule has 19 heavy (non-hydrogen) atoms. The van der Waals surface area contributed by atoms with E-state index in [0.29, 0.717) is 23.3 Å². The van der Waals surface area contributed by atoms with Crippen LogP contribution in [-0.4, -0.2) is 57.0 Å². The number of aliphatic imine (C=N–C) groups is 1. The first kappa shape index (κ1) is 15.0. The van der Waals surface area contributed by atoms with E-state index in [4.69, 9.17) is 0 Å². The van der Waals surface area contributed by atoms with E-state index in [0.717, 1.165) is 18.9 Å². The number of nitrogens with one attached hydrogen (secondary N) is 2. The lowest BCUT2D eigenvalue weighted by molar-refractivity contribution is 0.566. The van der Waals surface area contributed by atoms with E-state index in [9.17, 15) is 8.42 Å². The Morgan fingerprint density at radius 3 is 2.68 bits per heavy atom. The Balaban J connectivity index is 1.68. The molecule has 7 heteroatoms. The maximum atomic E-state index is 11.4. The van der Waals surface area contributed by atoms with Crippen molar-refractivity contribution in [2.24, 2.45) is 10.9 Å². The predicted molar refractivity (Wildman–Crippen MR) is 81.6 cm³/mol. The number of hydrogen-bond acceptors (Lipinski definition) is 4. The average molecular weight is 305 g/mol. The number of sulfone groups is 1. The third-order valence-electron chi connectivity index (χ3n) is 3.63. The molecule has 5 nitrogen and oxygen atoms in total. The highest BCUT2D eigenvalue weighted by molar-refractivity contribution is 8.00. The van der Waals surface area contributed by atoms with Crippen molar-refractivity contribution in [3.05, 3.63) is 0 Å². The van der Waals surface area contributed by atoms with Crippen molar-refractivity contribution in [3.63, 3.8) is 0 Å². The second-order valence-corrected chi connectivity index (χ2v) is 8.88. The fourth-order valence-corrected chi connectivity index (χ4v) is 5.57. The van der Waals surface area contributed by atoms with Gasteiger partial charge in [0, 0.05) is 25.4 Å². The molecule has 0 spiro atoms. The largest absolute Gasteiger partial charge is 0.356 e. The van der Waals surface area contributed by atoms with Gasteiger partial charge in [-0.1, -0.05) is 0 Å². The maximum absolute atomic E-state index is 11.4. The Kier molecular flexibility index (Phi) is 5.38. The van der Waals surface area contributed by atoms with Gasteiger partial charge >= 0.3 is 0 Å². The van der Waals surface area contributed by atoms with Crippen LogP contribution >= 0.6 is 11.8 Å². The van der Waals surface area contributed by atoms with Crippen LogP contribution in [0.15, 0.2) is 4.99 Å². The van der Waals surface area contributed by atoms with Crippen LogP contribution in [0.25, 0.3) is 0 Å². The predicted octanol–water partition coefficient (Wildman–Crippen LogP) is 0.482. The molecule has 110 valence electrons. The molecule has 0 aromatic heterocycles. The highest BCUT2D eigenvalue weighted by Crippen LogP contribution is 2.25. The lowest BCUT2D eigenvalue weighted by Crippen LogP contribution is -2.42. The lowest BCUT2D eigenvalue weighted by atomic mass is 10.1. The van der Waals surface area contributed by atoms with E-state index in [1.807, 2.05) is 11.8 Å². The number of rotatable bonds is 4. The molecule has 2 aliphatic heterocycles. The fraction of sp³-hybridized carbons (Fsp3) is 0.917. The maximum Gasteiger partial charge on any atom is 0.191 e. The zero-order valence-corrected chi connectivity index (χ0v) is 13.0. The van der Waals surface area contributed by atoms with Crippen molar-refractivity contribution in [2.45, 2.75) is 24.5 Å². The summed E-state index contributed by atoms with van der Waals surface area (Å²) >= 11 is 2.01. The molecule has 2 aliphatic rings. The molecule has 0 aliphatic carbocycles. The minimum Gasteiger partial charge on any atom is -0.356 e. The molecule has 2 heterocycles. The third-order valence-corrected chi connectivity index (χ3v) is 6.86. The Labute approximate surface area is 119 Å². The van der Waals surface area contributed by atoms with Gasteiger partial charge in [-0.15, -0.1) is 0 Å². The first-order chi connectivity index (χ1) is 9.09. The molecule has 0 saturated carbocycles. The highest BCUT2D eigenvalue weighted by atomic mass is 32.2. The summed E-state index contributed by atoms with van der Waals surface area (Å²) in [6, 6.07) is 0. The lowest BCUT2D eigenvalue weighted by Gasteiger charge is -2.16. The molecule has 2 rings (SSSR count). The van der Waals surface area contributed by atoms with Gasteiger partial charge < -0.3 is 10.6 Å². The van der Waals surface area contributed by atoms with Crippen LogP contribution in [0.3, 0.4) is 0 Å². The summed E-state index contributed by atoms with van der Waals surface area (Å²) in [6.45, 7) is 1.63. The Hall–Kier alpha value is -0.430. The highest BCUT2D eigenvalue weighted by Gasteiger charge is 2.27. The van der Waals surface area contributed by atoms with Gasteiger partial charge in [0.15, 0.2) is 15.8 Å². The Bertz CT molecular complexity index is 417. The normalized spacial score (nSPS) is 30.5. The third kappa shape index (κ3) is 4.87. The van der Waals surface area contributed by atoms with Gasteiger partial charge in [-0.2, -0.15) is 11.8 Å². The Morgan fingerprint density at radius 1 is 1.32 bits per heavy atom. The monoisotopic (exact) mass is 305 g/mol. The van der Waals surface area contributed by atoms with Gasteiger partial charge in [-0.25, -0.2) is 8.42 Å². The number of guanidine groups is 1. The Morgan fingerprint density at radius 2 is 2.11 bits per heavy atom. The molecule has 0 aromatic rings. The van der Waals surface area contributed by atoms with E-state index >= 15 is 0 Å². The van der Waals surface area contributed by atoms with Gasteiger partial charge in [-0.3, -0.25) is 4.99 Å². The van der Waals surface area contributed by atoms with Gasteiger partial charge in [0.2, 0.25) is 0 Å². The van der Waals surface area contributed by atoms with Crippen LogP contribution in [0.4, 0.5) is 0 Å². The molecular formula is C12H23N3O2S2. The van der Waals surface area contributed by atoms with Crippen molar-refractivity contribution < 1.29 is 8.42 Å². The quantitative estimate of drug-likeness (QED) is 0.584. The number of hydrogen-bond donors (Lipinski definition) is 2. The minimum absolute atomic E-state index is 0.226. The van der Waals surface area contributed by atoms with Crippen molar-refractivity contribution >= 4 is 27.6 Å². The average Bonchev–Trinajstić information content (AvgIpc) is 2.99. The molecule has 0 aromatic carbocycles. The van der Waals surface area contributed by atoms with E-state index in [1.54, 1.807) is 7.05 Å². The fourth-order valence-electron chi connectivity index (χ4n) is 2.51. The van der Waals surface area contributed by atoms with Crippen LogP contribution in [-0.2, 0) is 9.84 Å². The van der Waals surface area contributed by atoms with Gasteiger partial charge in [-0.05, 0) is 30.9 Å². The minimum atomic E-state index is -2.78. The van der Waals surface area contributed by atoms with Crippen LogP contribution in [0.1, 0.15) is 19.3 Å². The SMILES string of the molecule is CN=C(NCC1CCS(=O)(=O)C1)NCC1CCCS1. The molecule has 2 unspecified atom stereocenters. The molecule has 2 N–H and O–H groups in total. The standard InChI is InChI=1S/C12H23N3O2S2/c1-13-12(15-8-11-3-2-5-18-11)14-7-10-4-6-19(16,17)9-10/h10-11H,2-9H2,1H3,(H2,13,14,15). The number of nitrogens with zero attached hydrogens (tertiary/aromatic N) is 1. The molecule has 0 radical (unpaired) electrons. The summed E-state index contributed by atoms with van der Waals surface area (Å²) in [5.41, 5.74) is 0. The van der Waals surface area contributed by atoms with Gasteiger partial charge in [0.05, 0.1) is 11.5 Å². The molecule has 2 saturated heterocycles. The van der Waals surface area contributed by atoms with Gasteiger partial charge in [0.1, 0.15) is 0 Å². The number of thioether (sulfide) groups is 1. The summed E-state index contributed by atoms with van der Waals surface area (Å²) in [6.07, 6.45) is 3.35. The molecular weight excluding hydrogens is 282 g/mol. The summed E-state index contributed by atoms with van der Waals surface area (Å²) in [4.78, 5) is 4.18. The topological polar surface area (TPSA) is 70.6 Å². The van der Waals surface area contributed by atoms with Crippen LogP contribution in [0.5, 0.6) is 0 Å². The van der Waals surface area contributed by atoms with Crippen molar-refractivity contribution in [1.29, 1.82) is 0 Å². The van der Waals surface area contributed by atoms with Crippen molar-refractivity contribution in [2.75, 3.05) is 37.4 Å². The van der Waals surface area contributed by atoms with Gasteiger partial charge in [0.25, 0.3) is 0 Å². The van der Waals surface area contributed by atoms with Crippen LogP contribution in [0, 0.1) is 5.92 Å². The summed E-state index contributed by atoms with van der Waals surface area (Å²) in [5, 5.41) is 7.25. The summed E-state index contributed by atoms with van der Waals surface area (Å²) < 4.78 is 22.8. The van der Waals surface area contributed by atoms with E-state index in [-0.39, 0.29) is 5.92 Å². The van der Waals surface area contributed by atoms with Crippen molar-refractivity contribution in [3.8, 4) is 0 Å². The van der Waals surface area contributed by atoms with E-state index in [1.165, 1.54) is 18.6 Å². The summed E-state index contributed by atoms with van der Waals surface area (Å²) in [5.74, 6) is 2.93. The van der Waals surface area contributed by atoms with E-state index < -0.39 is 9.84 Å². The second kappa shape index (κ2) is 6.83. The second-order valence-electron chi connectivity index (χ2n) is 5.24. The first-order valence-electron chi connectivity index (χ1n) is 6.85. The smallest absolute Gasteiger partial charge is 0.191 e. The van der Waals surface area contributed by atoms with Crippen LogP contribution < -0.4 is 10.6 Å². The zero-order valence-electron chi connectivity index (χ0n) is 11.4. The zero-order chi connectivity index (χ0) is 13.7. The van der Waals surface area contributed by atoms with Crippen molar-refractivity contribution in [1.82, 2.24) is 10.6 Å². The molecule has 2 atom stereocenters.